The van der Waals surface area contributed by atoms with Crippen molar-refractivity contribution in [1.82, 2.24) is 9.97 Å². The van der Waals surface area contributed by atoms with Crippen LogP contribution in [-0.4, -0.2) is 27.5 Å². The maximum absolute atomic E-state index is 5.51. The van der Waals surface area contributed by atoms with Gasteiger partial charge in [-0.25, -0.2) is 9.97 Å². The minimum atomic E-state index is 0.294. The molecule has 1 fully saturated rings. The van der Waals surface area contributed by atoms with E-state index in [-0.39, 0.29) is 0 Å². The lowest BCUT2D eigenvalue weighted by atomic mass is 10.2. The zero-order chi connectivity index (χ0) is 12.4. The molecule has 0 radical (unpaired) electrons. The highest BCUT2D eigenvalue weighted by Crippen LogP contribution is 2.31. The Morgan fingerprint density at radius 1 is 1.47 bits per heavy atom. The topological polar surface area (TPSA) is 55.0 Å². The predicted octanol–water partition coefficient (Wildman–Crippen LogP) is 1.74. The first-order valence-corrected chi connectivity index (χ1v) is 6.37. The smallest absolute Gasteiger partial charge is 0.147 e. The Kier molecular flexibility index (Phi) is 3.57. The first kappa shape index (κ1) is 12.2. The van der Waals surface area contributed by atoms with Gasteiger partial charge in [-0.05, 0) is 32.6 Å². The van der Waals surface area contributed by atoms with Crippen molar-refractivity contribution >= 4 is 23.0 Å². The van der Waals surface area contributed by atoms with Gasteiger partial charge in [-0.3, -0.25) is 0 Å². The third-order valence-electron chi connectivity index (χ3n) is 2.96. The summed E-state index contributed by atoms with van der Waals surface area (Å²) in [5.74, 6) is 1.74. The van der Waals surface area contributed by atoms with E-state index in [1.165, 1.54) is 12.8 Å². The van der Waals surface area contributed by atoms with Gasteiger partial charge < -0.3 is 10.6 Å². The van der Waals surface area contributed by atoms with Crippen LogP contribution in [0.15, 0.2) is 12.4 Å². The van der Waals surface area contributed by atoms with E-state index in [0.29, 0.717) is 16.7 Å². The number of hydrogen-bond acceptors (Lipinski definition) is 4. The molecular weight excluding hydrogens is 232 g/mol. The summed E-state index contributed by atoms with van der Waals surface area (Å²) in [6.45, 7) is 5.41. The second-order valence-electron chi connectivity index (χ2n) is 4.81. The Balaban J connectivity index is 2.14. The highest BCUT2D eigenvalue weighted by Gasteiger charge is 2.26. The Bertz CT molecular complexity index is 397. The molecule has 0 saturated heterocycles. The lowest BCUT2D eigenvalue weighted by Crippen LogP contribution is -2.33. The van der Waals surface area contributed by atoms with E-state index in [4.69, 9.17) is 18.0 Å². The van der Waals surface area contributed by atoms with Crippen LogP contribution in [0.3, 0.4) is 0 Å². The molecule has 0 atom stereocenters. The normalized spacial score (nSPS) is 15.0. The van der Waals surface area contributed by atoms with Gasteiger partial charge in [0, 0.05) is 12.6 Å². The predicted molar refractivity (Wildman–Crippen MR) is 73.1 cm³/mol. The van der Waals surface area contributed by atoms with Crippen molar-refractivity contribution in [3.63, 3.8) is 0 Å². The largest absolute Gasteiger partial charge is 0.388 e. The Hall–Kier alpha value is -1.23. The molecular formula is C12H18N4S. The molecule has 1 aromatic rings. The number of rotatable bonds is 5. The number of nitrogens with two attached hydrogens (primary N) is 1. The maximum atomic E-state index is 5.51. The van der Waals surface area contributed by atoms with Crippen LogP contribution < -0.4 is 10.6 Å². The third kappa shape index (κ3) is 3.12. The fourth-order valence-corrected chi connectivity index (χ4v) is 1.85. The van der Waals surface area contributed by atoms with Crippen LogP contribution in [0.5, 0.6) is 0 Å². The van der Waals surface area contributed by atoms with Crippen molar-refractivity contribution in [2.24, 2.45) is 11.7 Å². The van der Waals surface area contributed by atoms with Crippen molar-refractivity contribution in [2.45, 2.75) is 32.7 Å². The number of hydrogen-bond donors (Lipinski definition) is 1. The van der Waals surface area contributed by atoms with E-state index in [9.17, 15) is 0 Å². The summed E-state index contributed by atoms with van der Waals surface area (Å²) >= 11 is 4.86. The number of anilines is 1. The van der Waals surface area contributed by atoms with Crippen LogP contribution in [0.2, 0.25) is 0 Å². The van der Waals surface area contributed by atoms with Gasteiger partial charge in [-0.15, -0.1) is 0 Å². The molecule has 1 saturated carbocycles. The maximum Gasteiger partial charge on any atom is 0.147 e. The lowest BCUT2D eigenvalue weighted by molar-refractivity contribution is 0.635. The SMILES string of the molecule is CC(C)N(CC1CC1)c1cnc(C(N)=S)cn1. The monoisotopic (exact) mass is 250 g/mol. The molecule has 0 unspecified atom stereocenters. The van der Waals surface area contributed by atoms with Crippen LogP contribution in [-0.2, 0) is 0 Å². The molecule has 1 aromatic heterocycles. The molecule has 1 aliphatic carbocycles. The van der Waals surface area contributed by atoms with E-state index in [2.05, 4.69) is 28.7 Å². The molecule has 2 N–H and O–H groups in total. The molecule has 92 valence electrons. The van der Waals surface area contributed by atoms with Crippen molar-refractivity contribution in [3.8, 4) is 0 Å². The molecule has 4 nitrogen and oxygen atoms in total. The fourth-order valence-electron chi connectivity index (χ4n) is 1.74. The van der Waals surface area contributed by atoms with E-state index in [1.807, 2.05) is 0 Å². The average Bonchev–Trinajstić information content (AvgIpc) is 3.09. The van der Waals surface area contributed by atoms with Gasteiger partial charge in [0.05, 0.1) is 12.4 Å². The summed E-state index contributed by atoms with van der Waals surface area (Å²) in [6, 6.07) is 0.431. The van der Waals surface area contributed by atoms with Gasteiger partial charge >= 0.3 is 0 Å². The zero-order valence-electron chi connectivity index (χ0n) is 10.3. The van der Waals surface area contributed by atoms with Gasteiger partial charge in [-0.1, -0.05) is 12.2 Å². The molecule has 1 heterocycles. The van der Waals surface area contributed by atoms with Crippen LogP contribution in [0.25, 0.3) is 0 Å². The number of thiocarbonyl (C=S) groups is 1. The molecule has 0 aromatic carbocycles. The Labute approximate surface area is 107 Å². The summed E-state index contributed by atoms with van der Waals surface area (Å²) in [5, 5.41) is 0. The molecule has 0 spiro atoms. The zero-order valence-corrected chi connectivity index (χ0v) is 11.1. The van der Waals surface area contributed by atoms with Gasteiger partial charge in [0.2, 0.25) is 0 Å². The third-order valence-corrected chi connectivity index (χ3v) is 3.17. The van der Waals surface area contributed by atoms with E-state index in [1.54, 1.807) is 12.4 Å². The first-order valence-electron chi connectivity index (χ1n) is 5.96. The summed E-state index contributed by atoms with van der Waals surface area (Å²) in [6.07, 6.45) is 6.08. The van der Waals surface area contributed by atoms with Gasteiger partial charge in [0.1, 0.15) is 16.5 Å². The van der Waals surface area contributed by atoms with E-state index >= 15 is 0 Å². The second-order valence-corrected chi connectivity index (χ2v) is 5.25. The Morgan fingerprint density at radius 2 is 2.18 bits per heavy atom. The van der Waals surface area contributed by atoms with Crippen LogP contribution in [0.4, 0.5) is 5.82 Å². The highest BCUT2D eigenvalue weighted by atomic mass is 32.1. The minimum Gasteiger partial charge on any atom is -0.388 e. The summed E-state index contributed by atoms with van der Waals surface area (Å²) < 4.78 is 0. The first-order chi connectivity index (χ1) is 8.08. The fraction of sp³-hybridized carbons (Fsp3) is 0.583. The van der Waals surface area contributed by atoms with Crippen molar-refractivity contribution < 1.29 is 0 Å². The van der Waals surface area contributed by atoms with E-state index in [0.717, 1.165) is 18.3 Å². The van der Waals surface area contributed by atoms with Crippen molar-refractivity contribution in [1.29, 1.82) is 0 Å². The molecule has 1 aliphatic rings. The summed E-state index contributed by atoms with van der Waals surface area (Å²) in [7, 11) is 0. The molecule has 5 heteroatoms. The van der Waals surface area contributed by atoms with Gasteiger partial charge in [0.25, 0.3) is 0 Å². The quantitative estimate of drug-likeness (QED) is 0.807. The molecule has 2 rings (SSSR count). The Morgan fingerprint density at radius 3 is 2.59 bits per heavy atom. The number of aromatic nitrogens is 2. The minimum absolute atomic E-state index is 0.294. The molecule has 0 amide bonds. The number of nitrogens with zero attached hydrogens (tertiary/aromatic N) is 3. The summed E-state index contributed by atoms with van der Waals surface area (Å²) in [4.78, 5) is 11.2. The molecule has 0 aliphatic heterocycles. The van der Waals surface area contributed by atoms with Crippen molar-refractivity contribution in [2.75, 3.05) is 11.4 Å². The standard InChI is InChI=1S/C12H18N4S/c1-8(2)16(7-9-3-4-9)11-6-14-10(5-15-11)12(13)17/h5-6,8-9H,3-4,7H2,1-2H3,(H2,13,17). The average molecular weight is 250 g/mol. The van der Waals surface area contributed by atoms with Crippen molar-refractivity contribution in [3.05, 3.63) is 18.1 Å². The van der Waals surface area contributed by atoms with Crippen LogP contribution >= 0.6 is 12.2 Å². The lowest BCUT2D eigenvalue weighted by Gasteiger charge is -2.27. The summed E-state index contributed by atoms with van der Waals surface area (Å²) in [5.41, 5.74) is 6.09. The van der Waals surface area contributed by atoms with Crippen LogP contribution in [0.1, 0.15) is 32.4 Å². The molecule has 17 heavy (non-hydrogen) atoms. The van der Waals surface area contributed by atoms with Crippen LogP contribution in [0, 0.1) is 5.92 Å². The second kappa shape index (κ2) is 4.96. The van der Waals surface area contributed by atoms with Gasteiger partial charge in [0.15, 0.2) is 0 Å². The molecule has 0 bridgehead atoms. The highest BCUT2D eigenvalue weighted by molar-refractivity contribution is 7.80. The van der Waals surface area contributed by atoms with E-state index < -0.39 is 0 Å². The van der Waals surface area contributed by atoms with Gasteiger partial charge in [-0.2, -0.15) is 0 Å².